The van der Waals surface area contributed by atoms with Gasteiger partial charge in [-0.25, -0.2) is 0 Å². The highest BCUT2D eigenvalue weighted by Gasteiger charge is 2.30. The largest absolute Gasteiger partial charge is 0.490 e. The van der Waals surface area contributed by atoms with E-state index in [0.29, 0.717) is 18.2 Å². The van der Waals surface area contributed by atoms with Crippen LogP contribution in [0.25, 0.3) is 11.5 Å². The molecule has 1 heterocycles. The molecule has 1 N–H and O–H groups in total. The van der Waals surface area contributed by atoms with Gasteiger partial charge in [0.1, 0.15) is 12.4 Å². The lowest BCUT2D eigenvalue weighted by molar-refractivity contribution is -0.0337. The summed E-state index contributed by atoms with van der Waals surface area (Å²) in [5.41, 5.74) is 0.0460. The third-order valence-corrected chi connectivity index (χ3v) is 3.76. The average Bonchev–Trinajstić information content (AvgIpc) is 3.00. The van der Waals surface area contributed by atoms with Crippen molar-refractivity contribution in [2.45, 2.75) is 37.7 Å². The van der Waals surface area contributed by atoms with Gasteiger partial charge in [0.2, 0.25) is 6.39 Å². The van der Waals surface area contributed by atoms with Gasteiger partial charge < -0.3 is 14.3 Å². The highest BCUT2D eigenvalue weighted by atomic mass is 16.5. The number of nitrogens with zero attached hydrogens (tertiary/aromatic N) is 2. The van der Waals surface area contributed by atoms with Gasteiger partial charge in [-0.05, 0) is 25.0 Å². The number of para-hydroxylation sites is 1. The zero-order chi connectivity index (χ0) is 13.8. The quantitative estimate of drug-likeness (QED) is 0.928. The van der Waals surface area contributed by atoms with Gasteiger partial charge in [0, 0.05) is 0 Å². The number of rotatable bonds is 4. The molecule has 2 aromatic rings. The molecule has 1 aliphatic rings. The van der Waals surface area contributed by atoms with Gasteiger partial charge in [-0.1, -0.05) is 31.4 Å². The summed E-state index contributed by atoms with van der Waals surface area (Å²) < 4.78 is 11.0. The first-order chi connectivity index (χ1) is 9.77. The minimum absolute atomic E-state index is 0.304. The standard InChI is InChI=1S/C15H18N2O3/c18-15(8-4-1-5-9-15)10-19-13-7-3-2-6-12(13)14-17-16-11-20-14/h2-3,6-7,11,18H,1,4-5,8-10H2. The van der Waals surface area contributed by atoms with E-state index in [9.17, 15) is 5.11 Å². The van der Waals surface area contributed by atoms with Gasteiger partial charge in [0.05, 0.1) is 11.2 Å². The minimum atomic E-state index is -0.708. The SMILES string of the molecule is OC1(COc2ccccc2-c2nnco2)CCCCC1. The zero-order valence-corrected chi connectivity index (χ0v) is 11.3. The van der Waals surface area contributed by atoms with Crippen molar-refractivity contribution >= 4 is 0 Å². The Morgan fingerprint density at radius 1 is 1.20 bits per heavy atom. The fourth-order valence-corrected chi connectivity index (χ4v) is 2.63. The molecule has 0 radical (unpaired) electrons. The lowest BCUT2D eigenvalue weighted by Crippen LogP contribution is -2.37. The van der Waals surface area contributed by atoms with E-state index in [0.717, 1.165) is 31.2 Å². The fourth-order valence-electron chi connectivity index (χ4n) is 2.63. The van der Waals surface area contributed by atoms with Crippen LogP contribution in [0.1, 0.15) is 32.1 Å². The van der Waals surface area contributed by atoms with Crippen LogP contribution >= 0.6 is 0 Å². The molecule has 0 bridgehead atoms. The molecule has 3 rings (SSSR count). The van der Waals surface area contributed by atoms with E-state index < -0.39 is 5.60 Å². The molecular formula is C15H18N2O3. The van der Waals surface area contributed by atoms with Crippen LogP contribution < -0.4 is 4.74 Å². The van der Waals surface area contributed by atoms with Crippen LogP contribution in [0.5, 0.6) is 5.75 Å². The van der Waals surface area contributed by atoms with Crippen LogP contribution in [0.3, 0.4) is 0 Å². The van der Waals surface area contributed by atoms with Crippen LogP contribution in [-0.2, 0) is 0 Å². The topological polar surface area (TPSA) is 68.4 Å². The Kier molecular flexibility index (Phi) is 3.69. The molecule has 0 unspecified atom stereocenters. The third kappa shape index (κ3) is 2.82. The van der Waals surface area contributed by atoms with Crippen molar-refractivity contribution in [3.63, 3.8) is 0 Å². The normalized spacial score (nSPS) is 17.9. The zero-order valence-electron chi connectivity index (χ0n) is 11.3. The highest BCUT2D eigenvalue weighted by Crippen LogP contribution is 2.32. The Morgan fingerprint density at radius 2 is 2.00 bits per heavy atom. The average molecular weight is 274 g/mol. The Bertz CT molecular complexity index is 548. The number of benzene rings is 1. The molecule has 106 valence electrons. The first-order valence-electron chi connectivity index (χ1n) is 6.98. The maximum atomic E-state index is 10.5. The van der Waals surface area contributed by atoms with Gasteiger partial charge >= 0.3 is 0 Å². The van der Waals surface area contributed by atoms with Crippen molar-refractivity contribution in [2.75, 3.05) is 6.61 Å². The number of aromatic nitrogens is 2. The first-order valence-corrected chi connectivity index (χ1v) is 6.98. The molecule has 1 fully saturated rings. The van der Waals surface area contributed by atoms with E-state index >= 15 is 0 Å². The van der Waals surface area contributed by atoms with Crippen LogP contribution in [0, 0.1) is 0 Å². The molecule has 1 saturated carbocycles. The number of ether oxygens (including phenoxy) is 1. The smallest absolute Gasteiger partial charge is 0.251 e. The predicted octanol–water partition coefficient (Wildman–Crippen LogP) is 2.81. The maximum absolute atomic E-state index is 10.5. The van der Waals surface area contributed by atoms with Crippen LogP contribution in [0.4, 0.5) is 0 Å². The molecule has 20 heavy (non-hydrogen) atoms. The summed E-state index contributed by atoms with van der Waals surface area (Å²) in [6.45, 7) is 0.304. The summed E-state index contributed by atoms with van der Waals surface area (Å²) in [5, 5.41) is 18.1. The molecule has 0 spiro atoms. The molecule has 0 atom stereocenters. The van der Waals surface area contributed by atoms with E-state index in [1.165, 1.54) is 12.8 Å². The van der Waals surface area contributed by atoms with Gasteiger partial charge in [-0.3, -0.25) is 0 Å². The van der Waals surface area contributed by atoms with Crippen molar-refractivity contribution in [1.82, 2.24) is 10.2 Å². The molecule has 1 aromatic heterocycles. The lowest BCUT2D eigenvalue weighted by atomic mass is 9.85. The molecule has 5 nitrogen and oxygen atoms in total. The van der Waals surface area contributed by atoms with E-state index in [1.807, 2.05) is 24.3 Å². The first kappa shape index (κ1) is 13.1. The summed E-state index contributed by atoms with van der Waals surface area (Å²) in [5.74, 6) is 1.09. The molecule has 0 aliphatic heterocycles. The minimum Gasteiger partial charge on any atom is -0.490 e. The highest BCUT2D eigenvalue weighted by molar-refractivity contribution is 5.62. The van der Waals surface area contributed by atoms with Crippen molar-refractivity contribution in [1.29, 1.82) is 0 Å². The van der Waals surface area contributed by atoms with E-state index in [4.69, 9.17) is 9.15 Å². The van der Waals surface area contributed by atoms with E-state index in [-0.39, 0.29) is 0 Å². The number of hydrogen-bond acceptors (Lipinski definition) is 5. The summed E-state index contributed by atoms with van der Waals surface area (Å²) in [6, 6.07) is 7.50. The van der Waals surface area contributed by atoms with E-state index in [2.05, 4.69) is 10.2 Å². The number of hydrogen-bond donors (Lipinski definition) is 1. The molecule has 0 amide bonds. The van der Waals surface area contributed by atoms with Gasteiger partial charge in [0.25, 0.3) is 5.89 Å². The Hall–Kier alpha value is -1.88. The summed E-state index contributed by atoms with van der Waals surface area (Å²) >= 11 is 0. The maximum Gasteiger partial charge on any atom is 0.251 e. The van der Waals surface area contributed by atoms with Gasteiger partial charge in [-0.2, -0.15) is 0 Å². The van der Waals surface area contributed by atoms with Crippen LogP contribution in [-0.4, -0.2) is 27.5 Å². The van der Waals surface area contributed by atoms with Gasteiger partial charge in [0.15, 0.2) is 0 Å². The summed E-state index contributed by atoms with van der Waals surface area (Å²) in [4.78, 5) is 0. The summed E-state index contributed by atoms with van der Waals surface area (Å²) in [6.07, 6.45) is 6.21. The van der Waals surface area contributed by atoms with Crippen LogP contribution in [0.2, 0.25) is 0 Å². The van der Waals surface area contributed by atoms with Crippen LogP contribution in [0.15, 0.2) is 35.1 Å². The Labute approximate surface area is 117 Å². The fraction of sp³-hybridized carbons (Fsp3) is 0.467. The Balaban J connectivity index is 1.74. The monoisotopic (exact) mass is 274 g/mol. The van der Waals surface area contributed by atoms with Crippen molar-refractivity contribution in [3.05, 3.63) is 30.7 Å². The third-order valence-electron chi connectivity index (χ3n) is 3.76. The molecule has 1 aliphatic carbocycles. The second-order valence-electron chi connectivity index (χ2n) is 5.31. The van der Waals surface area contributed by atoms with Gasteiger partial charge in [-0.15, -0.1) is 10.2 Å². The van der Waals surface area contributed by atoms with Crippen molar-refractivity contribution in [2.24, 2.45) is 0 Å². The van der Waals surface area contributed by atoms with Crippen molar-refractivity contribution in [3.8, 4) is 17.2 Å². The molecule has 0 saturated heterocycles. The predicted molar refractivity (Wildman–Crippen MR) is 73.3 cm³/mol. The Morgan fingerprint density at radius 3 is 2.75 bits per heavy atom. The molecule has 5 heteroatoms. The second kappa shape index (κ2) is 5.63. The number of aliphatic hydroxyl groups is 1. The second-order valence-corrected chi connectivity index (χ2v) is 5.31. The van der Waals surface area contributed by atoms with Crippen molar-refractivity contribution < 1.29 is 14.3 Å². The summed E-state index contributed by atoms with van der Waals surface area (Å²) in [7, 11) is 0. The molecular weight excluding hydrogens is 256 g/mol. The molecule has 1 aromatic carbocycles. The van der Waals surface area contributed by atoms with E-state index in [1.54, 1.807) is 0 Å². The lowest BCUT2D eigenvalue weighted by Gasteiger charge is -2.31.